The van der Waals surface area contributed by atoms with Crippen LogP contribution >= 0.6 is 0 Å². The van der Waals surface area contributed by atoms with Gasteiger partial charge in [0.05, 0.1) is 0 Å². The van der Waals surface area contributed by atoms with Crippen LogP contribution in [0.2, 0.25) is 0 Å². The topological polar surface area (TPSA) is 39.4 Å². The van der Waals surface area contributed by atoms with Gasteiger partial charge in [-0.2, -0.15) is 0 Å². The highest BCUT2D eigenvalue weighted by atomic mass is 16.5. The molecule has 1 aliphatic carbocycles. The van der Waals surface area contributed by atoms with E-state index in [4.69, 9.17) is 9.15 Å². The standard InChI is InChI=1S/C18H16O3/c19-18-14-10-13-8-4-5-9-15(13)20-17(14)11-16(21-18)12-6-2-1-3-7-12/h1-3,6-7,10-11,15H,4-5,8-9H2. The molecule has 2 heterocycles. The van der Waals surface area contributed by atoms with Gasteiger partial charge in [0.25, 0.3) is 0 Å². The van der Waals surface area contributed by atoms with Gasteiger partial charge in [-0.3, -0.25) is 0 Å². The highest BCUT2D eigenvalue weighted by Crippen LogP contribution is 2.36. The minimum absolute atomic E-state index is 0.136. The van der Waals surface area contributed by atoms with Gasteiger partial charge < -0.3 is 9.15 Å². The first-order valence-electron chi connectivity index (χ1n) is 7.42. The highest BCUT2D eigenvalue weighted by Gasteiger charge is 2.27. The van der Waals surface area contributed by atoms with Crippen molar-refractivity contribution in [3.05, 3.63) is 58.0 Å². The first-order valence-corrected chi connectivity index (χ1v) is 7.42. The van der Waals surface area contributed by atoms with E-state index in [1.54, 1.807) is 0 Å². The summed E-state index contributed by atoms with van der Waals surface area (Å²) in [7, 11) is 0. The Bertz CT molecular complexity index is 756. The normalized spacial score (nSPS) is 20.0. The van der Waals surface area contributed by atoms with E-state index in [9.17, 15) is 4.79 Å². The molecule has 0 N–H and O–H groups in total. The van der Waals surface area contributed by atoms with Crippen molar-refractivity contribution in [1.82, 2.24) is 0 Å². The van der Waals surface area contributed by atoms with Crippen LogP contribution in [0.4, 0.5) is 0 Å². The van der Waals surface area contributed by atoms with E-state index in [2.05, 4.69) is 0 Å². The van der Waals surface area contributed by atoms with Crippen LogP contribution in [0, 0.1) is 0 Å². The second-order valence-corrected chi connectivity index (χ2v) is 5.61. The van der Waals surface area contributed by atoms with E-state index >= 15 is 0 Å². The zero-order chi connectivity index (χ0) is 14.2. The number of benzene rings is 1. The molecule has 0 radical (unpaired) electrons. The fourth-order valence-corrected chi connectivity index (χ4v) is 3.10. The molecule has 0 spiro atoms. The molecule has 3 heteroatoms. The molecule has 2 aliphatic rings. The van der Waals surface area contributed by atoms with Gasteiger partial charge in [-0.05, 0) is 37.3 Å². The largest absolute Gasteiger partial charge is 0.485 e. The van der Waals surface area contributed by atoms with Crippen LogP contribution in [0.3, 0.4) is 0 Å². The molecule has 3 nitrogen and oxygen atoms in total. The molecule has 1 fully saturated rings. The Hall–Kier alpha value is -2.29. The predicted molar refractivity (Wildman–Crippen MR) is 81.3 cm³/mol. The van der Waals surface area contributed by atoms with Crippen molar-refractivity contribution in [2.24, 2.45) is 0 Å². The highest BCUT2D eigenvalue weighted by molar-refractivity contribution is 5.67. The van der Waals surface area contributed by atoms with Crippen molar-refractivity contribution < 1.29 is 9.15 Å². The van der Waals surface area contributed by atoms with E-state index in [0.29, 0.717) is 17.1 Å². The summed E-state index contributed by atoms with van der Waals surface area (Å²) in [4.78, 5) is 12.2. The third-order valence-corrected chi connectivity index (χ3v) is 4.20. The minimum Gasteiger partial charge on any atom is -0.485 e. The summed E-state index contributed by atoms with van der Waals surface area (Å²) < 4.78 is 11.5. The van der Waals surface area contributed by atoms with Crippen molar-refractivity contribution in [2.45, 2.75) is 31.8 Å². The Morgan fingerprint density at radius 2 is 1.95 bits per heavy atom. The number of hydrogen-bond donors (Lipinski definition) is 0. The van der Waals surface area contributed by atoms with Crippen LogP contribution in [0.25, 0.3) is 17.4 Å². The van der Waals surface area contributed by atoms with Gasteiger partial charge in [-0.1, -0.05) is 30.3 Å². The predicted octanol–water partition coefficient (Wildman–Crippen LogP) is 4.03. The monoisotopic (exact) mass is 280 g/mol. The van der Waals surface area contributed by atoms with E-state index < -0.39 is 0 Å². The smallest absolute Gasteiger partial charge is 0.347 e. The summed E-state index contributed by atoms with van der Waals surface area (Å²) in [6.45, 7) is 0. The van der Waals surface area contributed by atoms with Crippen LogP contribution in [0.5, 0.6) is 5.75 Å². The lowest BCUT2D eigenvalue weighted by Gasteiger charge is -2.30. The second-order valence-electron chi connectivity index (χ2n) is 5.61. The van der Waals surface area contributed by atoms with Gasteiger partial charge in [0.15, 0.2) is 0 Å². The quantitative estimate of drug-likeness (QED) is 0.792. The SMILES string of the molecule is O=c1oc(-c2ccccc2)cc2c1C=C1CCCCC1O2. The first kappa shape index (κ1) is 12.5. The second kappa shape index (κ2) is 4.92. The number of hydrogen-bond acceptors (Lipinski definition) is 3. The van der Waals surface area contributed by atoms with Crippen LogP contribution in [-0.4, -0.2) is 6.10 Å². The molecule has 1 saturated carbocycles. The average Bonchev–Trinajstić information content (AvgIpc) is 2.54. The molecule has 0 bridgehead atoms. The lowest BCUT2D eigenvalue weighted by molar-refractivity contribution is 0.198. The summed E-state index contributed by atoms with van der Waals surface area (Å²) in [6, 6.07) is 11.5. The van der Waals surface area contributed by atoms with E-state index in [1.807, 2.05) is 42.5 Å². The maximum Gasteiger partial charge on any atom is 0.347 e. The Labute approximate surface area is 122 Å². The van der Waals surface area contributed by atoms with Gasteiger partial charge in [0.1, 0.15) is 23.2 Å². The molecule has 106 valence electrons. The molecular weight excluding hydrogens is 264 g/mol. The summed E-state index contributed by atoms with van der Waals surface area (Å²) in [5.74, 6) is 1.22. The zero-order valence-corrected chi connectivity index (χ0v) is 11.7. The number of fused-ring (bicyclic) bond motifs is 2. The van der Waals surface area contributed by atoms with Gasteiger partial charge in [-0.25, -0.2) is 4.79 Å². The summed E-state index contributed by atoms with van der Waals surface area (Å²) in [5, 5.41) is 0. The lowest BCUT2D eigenvalue weighted by Crippen LogP contribution is -2.27. The van der Waals surface area contributed by atoms with Crippen molar-refractivity contribution in [1.29, 1.82) is 0 Å². The van der Waals surface area contributed by atoms with Crippen molar-refractivity contribution in [3.63, 3.8) is 0 Å². The molecule has 0 saturated heterocycles. The maximum atomic E-state index is 12.2. The van der Waals surface area contributed by atoms with Crippen molar-refractivity contribution in [2.75, 3.05) is 0 Å². The van der Waals surface area contributed by atoms with Crippen LogP contribution < -0.4 is 10.4 Å². The Morgan fingerprint density at radius 3 is 2.81 bits per heavy atom. The molecule has 1 aromatic heterocycles. The molecule has 1 aromatic carbocycles. The van der Waals surface area contributed by atoms with E-state index in [0.717, 1.165) is 18.4 Å². The summed E-state index contributed by atoms with van der Waals surface area (Å²) in [5.41, 5.74) is 2.36. The van der Waals surface area contributed by atoms with E-state index in [1.165, 1.54) is 18.4 Å². The van der Waals surface area contributed by atoms with Gasteiger partial charge >= 0.3 is 5.63 Å². The Kier molecular flexibility index (Phi) is 2.92. The fraction of sp³-hybridized carbons (Fsp3) is 0.278. The molecule has 1 aliphatic heterocycles. The molecule has 0 amide bonds. The third-order valence-electron chi connectivity index (χ3n) is 4.20. The number of rotatable bonds is 1. The molecule has 1 atom stereocenters. The minimum atomic E-state index is -0.317. The summed E-state index contributed by atoms with van der Waals surface area (Å²) >= 11 is 0. The van der Waals surface area contributed by atoms with Gasteiger partial charge in [0.2, 0.25) is 0 Å². The van der Waals surface area contributed by atoms with Crippen LogP contribution in [0.15, 0.2) is 51.2 Å². The van der Waals surface area contributed by atoms with Crippen LogP contribution in [0.1, 0.15) is 31.2 Å². The third kappa shape index (κ3) is 2.19. The van der Waals surface area contributed by atoms with E-state index in [-0.39, 0.29) is 11.7 Å². The summed E-state index contributed by atoms with van der Waals surface area (Å²) in [6.07, 6.45) is 6.52. The zero-order valence-electron chi connectivity index (χ0n) is 11.7. The van der Waals surface area contributed by atoms with Crippen LogP contribution in [-0.2, 0) is 0 Å². The van der Waals surface area contributed by atoms with Gasteiger partial charge in [-0.15, -0.1) is 0 Å². The van der Waals surface area contributed by atoms with Gasteiger partial charge in [0, 0.05) is 11.6 Å². The molecule has 4 rings (SSSR count). The number of ether oxygens (including phenoxy) is 1. The fourth-order valence-electron chi connectivity index (χ4n) is 3.10. The molecule has 2 aromatic rings. The first-order chi connectivity index (χ1) is 10.3. The maximum absolute atomic E-state index is 12.2. The Balaban J connectivity index is 1.82. The Morgan fingerprint density at radius 1 is 1.10 bits per heavy atom. The van der Waals surface area contributed by atoms with Crippen molar-refractivity contribution in [3.8, 4) is 17.1 Å². The lowest BCUT2D eigenvalue weighted by atomic mass is 9.89. The molecule has 1 unspecified atom stereocenters. The molecule has 21 heavy (non-hydrogen) atoms. The average molecular weight is 280 g/mol. The van der Waals surface area contributed by atoms with Crippen molar-refractivity contribution >= 4 is 6.08 Å². The molecular formula is C18H16O3.